The van der Waals surface area contributed by atoms with Gasteiger partial charge in [-0.15, -0.1) is 0 Å². The molecule has 2 nitrogen and oxygen atoms in total. The van der Waals surface area contributed by atoms with Crippen molar-refractivity contribution in [3.63, 3.8) is 0 Å². The molecule has 11 rings (SSSR count). The highest BCUT2D eigenvalue weighted by Crippen LogP contribution is 2.48. The minimum absolute atomic E-state index is 1.08. The third kappa shape index (κ3) is 6.65. The van der Waals surface area contributed by atoms with Crippen LogP contribution in [0.5, 0.6) is 0 Å². The van der Waals surface area contributed by atoms with Crippen LogP contribution in [0.15, 0.2) is 255 Å². The lowest BCUT2D eigenvalue weighted by molar-refractivity contribution is 1.18. The first-order chi connectivity index (χ1) is 30.8. The van der Waals surface area contributed by atoms with E-state index in [0.29, 0.717) is 0 Å². The summed E-state index contributed by atoms with van der Waals surface area (Å²) in [5, 5.41) is 2.38. The van der Waals surface area contributed by atoms with Gasteiger partial charge >= 0.3 is 0 Å². The van der Waals surface area contributed by atoms with Gasteiger partial charge in [-0.1, -0.05) is 218 Å². The topological polar surface area (TPSA) is 8.17 Å². The Morgan fingerprint density at radius 1 is 0.258 bits per heavy atom. The molecule has 0 saturated carbocycles. The van der Waals surface area contributed by atoms with E-state index in [4.69, 9.17) is 0 Å². The van der Waals surface area contributed by atoms with Crippen LogP contribution < -0.4 is 4.90 Å². The van der Waals surface area contributed by atoms with Crippen LogP contribution in [0, 0.1) is 0 Å². The minimum atomic E-state index is 1.08. The van der Waals surface area contributed by atoms with Gasteiger partial charge in [0.15, 0.2) is 0 Å². The Hall–Kier alpha value is -8.20. The molecule has 0 aliphatic rings. The second kappa shape index (κ2) is 16.1. The molecule has 0 amide bonds. The Morgan fingerprint density at radius 3 is 1.24 bits per heavy atom. The molecule has 2 heteroatoms. The van der Waals surface area contributed by atoms with Gasteiger partial charge in [0.25, 0.3) is 0 Å². The molecule has 0 bridgehead atoms. The monoisotopic (exact) mass is 790 g/mol. The molecule has 0 aliphatic carbocycles. The van der Waals surface area contributed by atoms with Gasteiger partial charge in [-0.2, -0.15) is 0 Å². The van der Waals surface area contributed by atoms with Gasteiger partial charge in [-0.25, -0.2) is 0 Å². The van der Waals surface area contributed by atoms with Crippen molar-refractivity contribution in [2.45, 2.75) is 0 Å². The van der Waals surface area contributed by atoms with Gasteiger partial charge in [0, 0.05) is 33.2 Å². The van der Waals surface area contributed by atoms with Crippen LogP contribution in [-0.2, 0) is 0 Å². The van der Waals surface area contributed by atoms with Crippen LogP contribution in [0.1, 0.15) is 0 Å². The molecule has 10 aromatic carbocycles. The molecular weight excluding hydrogens is 749 g/mol. The molecule has 292 valence electrons. The van der Waals surface area contributed by atoms with Crippen molar-refractivity contribution in [3.05, 3.63) is 255 Å². The summed E-state index contributed by atoms with van der Waals surface area (Å²) in [5.41, 5.74) is 18.5. The predicted octanol–water partition coefficient (Wildman–Crippen LogP) is 16.6. The Labute approximate surface area is 362 Å². The second-order valence-electron chi connectivity index (χ2n) is 15.7. The molecule has 0 fully saturated rings. The van der Waals surface area contributed by atoms with E-state index in [9.17, 15) is 0 Å². The van der Waals surface area contributed by atoms with Crippen LogP contribution in [0.3, 0.4) is 0 Å². The molecule has 0 atom stereocenters. The summed E-state index contributed by atoms with van der Waals surface area (Å²) in [4.78, 5) is 2.47. The number of para-hydroxylation sites is 3. The van der Waals surface area contributed by atoms with Crippen molar-refractivity contribution in [1.82, 2.24) is 4.57 Å². The van der Waals surface area contributed by atoms with Crippen molar-refractivity contribution >= 4 is 38.9 Å². The molecule has 62 heavy (non-hydrogen) atoms. The predicted molar refractivity (Wildman–Crippen MR) is 263 cm³/mol. The molecule has 1 heterocycles. The molecule has 0 saturated heterocycles. The fourth-order valence-corrected chi connectivity index (χ4v) is 9.14. The van der Waals surface area contributed by atoms with E-state index in [1.165, 1.54) is 55.3 Å². The van der Waals surface area contributed by atoms with E-state index < -0.39 is 0 Å². The Kier molecular flexibility index (Phi) is 9.57. The maximum Gasteiger partial charge on any atom is 0.0618 e. The lowest BCUT2D eigenvalue weighted by Gasteiger charge is -2.29. The smallest absolute Gasteiger partial charge is 0.0618 e. The summed E-state index contributed by atoms with van der Waals surface area (Å²) in [5.74, 6) is 0. The third-order valence-corrected chi connectivity index (χ3v) is 12.0. The van der Waals surface area contributed by atoms with Crippen molar-refractivity contribution in [3.8, 4) is 61.3 Å². The van der Waals surface area contributed by atoms with Crippen LogP contribution in [0.25, 0.3) is 83.1 Å². The average molecular weight is 791 g/mol. The van der Waals surface area contributed by atoms with E-state index in [1.54, 1.807) is 0 Å². The molecule has 1 aromatic heterocycles. The number of anilines is 3. The Balaban J connectivity index is 1.18. The van der Waals surface area contributed by atoms with Gasteiger partial charge in [0.1, 0.15) is 0 Å². The second-order valence-corrected chi connectivity index (χ2v) is 15.7. The van der Waals surface area contributed by atoms with E-state index in [0.717, 1.165) is 44.9 Å². The van der Waals surface area contributed by atoms with Crippen LogP contribution in [0.2, 0.25) is 0 Å². The average Bonchev–Trinajstić information content (AvgIpc) is 3.70. The Bertz CT molecular complexity index is 3240. The quantitative estimate of drug-likeness (QED) is 0.141. The highest BCUT2D eigenvalue weighted by atomic mass is 15.2. The number of nitrogens with zero attached hydrogens (tertiary/aromatic N) is 2. The maximum atomic E-state index is 2.50. The molecule has 0 unspecified atom stereocenters. The number of hydrogen-bond acceptors (Lipinski definition) is 1. The standard InChI is InChI=1S/C60H42N2/c1-5-19-43(20-6-1)45-35-37-49(38-36-45)51-27-13-15-31-55(51)61(50-41-39-46(40-42-50)44-21-7-2-8-22-44)57-33-18-34-58-59(57)54-28-14-16-32-56(54)62(58)60-52(47-23-9-3-10-24-47)29-17-30-53(60)48-25-11-4-12-26-48/h1-42H. The number of aromatic nitrogens is 1. The molecule has 0 N–H and O–H groups in total. The summed E-state index contributed by atoms with van der Waals surface area (Å²) in [6.45, 7) is 0. The molecule has 11 aromatic rings. The lowest BCUT2D eigenvalue weighted by Crippen LogP contribution is -2.11. The fourth-order valence-electron chi connectivity index (χ4n) is 9.14. The zero-order valence-electron chi connectivity index (χ0n) is 34.1. The fraction of sp³-hybridized carbons (Fsp3) is 0. The van der Waals surface area contributed by atoms with Crippen molar-refractivity contribution in [2.24, 2.45) is 0 Å². The molecule has 0 aliphatic heterocycles. The van der Waals surface area contributed by atoms with Gasteiger partial charge in [-0.3, -0.25) is 0 Å². The summed E-state index contributed by atoms with van der Waals surface area (Å²) >= 11 is 0. The number of benzene rings is 10. The number of fused-ring (bicyclic) bond motifs is 3. The lowest BCUT2D eigenvalue weighted by atomic mass is 9.95. The van der Waals surface area contributed by atoms with Gasteiger partial charge in [0.05, 0.1) is 28.1 Å². The first-order valence-corrected chi connectivity index (χ1v) is 21.3. The van der Waals surface area contributed by atoms with Gasteiger partial charge in [-0.05, 0) is 75.3 Å². The van der Waals surface area contributed by atoms with Crippen LogP contribution in [0.4, 0.5) is 17.1 Å². The van der Waals surface area contributed by atoms with E-state index in [2.05, 4.69) is 264 Å². The third-order valence-electron chi connectivity index (χ3n) is 12.0. The maximum absolute atomic E-state index is 2.50. The van der Waals surface area contributed by atoms with Crippen LogP contribution in [-0.4, -0.2) is 4.57 Å². The summed E-state index contributed by atoms with van der Waals surface area (Å²) < 4.78 is 2.50. The zero-order valence-corrected chi connectivity index (χ0v) is 34.1. The highest BCUT2D eigenvalue weighted by molar-refractivity contribution is 6.17. The van der Waals surface area contributed by atoms with E-state index in [1.807, 2.05) is 0 Å². The van der Waals surface area contributed by atoms with Crippen molar-refractivity contribution in [1.29, 1.82) is 0 Å². The van der Waals surface area contributed by atoms with Crippen LogP contribution >= 0.6 is 0 Å². The largest absolute Gasteiger partial charge is 0.309 e. The summed E-state index contributed by atoms with van der Waals surface area (Å²) in [7, 11) is 0. The zero-order chi connectivity index (χ0) is 41.2. The molecule has 0 spiro atoms. The first kappa shape index (κ1) is 36.8. The normalized spacial score (nSPS) is 11.2. The van der Waals surface area contributed by atoms with Gasteiger partial charge < -0.3 is 9.47 Å². The molecular formula is C60H42N2. The van der Waals surface area contributed by atoms with E-state index >= 15 is 0 Å². The minimum Gasteiger partial charge on any atom is -0.309 e. The first-order valence-electron chi connectivity index (χ1n) is 21.3. The summed E-state index contributed by atoms with van der Waals surface area (Å²) in [6, 6.07) is 92.1. The van der Waals surface area contributed by atoms with Crippen molar-refractivity contribution in [2.75, 3.05) is 4.90 Å². The Morgan fingerprint density at radius 2 is 0.645 bits per heavy atom. The summed E-state index contributed by atoms with van der Waals surface area (Å²) in [6.07, 6.45) is 0. The SMILES string of the molecule is c1ccc(-c2ccc(-c3ccccc3N(c3ccc(-c4ccccc4)cc3)c3cccc4c3c3ccccc3n4-c3c(-c4ccccc4)cccc3-c3ccccc3)cc2)cc1. The highest BCUT2D eigenvalue weighted by Gasteiger charge is 2.25. The van der Waals surface area contributed by atoms with Gasteiger partial charge in [0.2, 0.25) is 0 Å². The van der Waals surface area contributed by atoms with Crippen molar-refractivity contribution < 1.29 is 0 Å². The number of rotatable bonds is 9. The van der Waals surface area contributed by atoms with E-state index in [-0.39, 0.29) is 0 Å². The number of hydrogen-bond donors (Lipinski definition) is 0. The molecule has 0 radical (unpaired) electrons.